The number of hydrogen-bond acceptors (Lipinski definition) is 5. The predicted octanol–water partition coefficient (Wildman–Crippen LogP) is 3.98. The third-order valence-corrected chi connectivity index (χ3v) is 7.64. The number of aryl methyl sites for hydroxylation is 4. The van der Waals surface area contributed by atoms with Gasteiger partial charge in [0.25, 0.3) is 11.1 Å². The lowest BCUT2D eigenvalue weighted by Gasteiger charge is -2.18. The van der Waals surface area contributed by atoms with Gasteiger partial charge in [-0.15, -0.1) is 0 Å². The van der Waals surface area contributed by atoms with Gasteiger partial charge in [0.1, 0.15) is 11.5 Å². The molecule has 4 heterocycles. The average molecular weight is 539 g/mol. The Morgan fingerprint density at radius 2 is 1.95 bits per heavy atom. The second kappa shape index (κ2) is 10.8. The van der Waals surface area contributed by atoms with Gasteiger partial charge < -0.3 is 20.2 Å². The Kier molecular flexibility index (Phi) is 7.30. The molecule has 0 atom stereocenters. The summed E-state index contributed by atoms with van der Waals surface area (Å²) in [6.45, 7) is 4.74. The monoisotopic (exact) mass is 538 g/mol. The van der Waals surface area contributed by atoms with Gasteiger partial charge in [-0.1, -0.05) is 19.1 Å². The number of nitrogens with zero attached hydrogens (tertiary/aromatic N) is 4. The van der Waals surface area contributed by atoms with E-state index < -0.39 is 0 Å². The van der Waals surface area contributed by atoms with E-state index >= 15 is 0 Å². The van der Waals surface area contributed by atoms with Crippen LogP contribution in [0.25, 0.3) is 27.7 Å². The van der Waals surface area contributed by atoms with Gasteiger partial charge in [-0.2, -0.15) is 0 Å². The molecule has 3 N–H and O–H groups in total. The molecule has 9 heteroatoms. The molecule has 1 aliphatic heterocycles. The van der Waals surface area contributed by atoms with E-state index in [4.69, 9.17) is 5.73 Å². The molecule has 0 fully saturated rings. The number of carbonyl (C=O) groups is 1. The molecule has 5 rings (SSSR count). The molecular weight excluding hydrogens is 504 g/mol. The van der Waals surface area contributed by atoms with E-state index in [2.05, 4.69) is 14.9 Å². The zero-order valence-electron chi connectivity index (χ0n) is 23.3. The molecule has 3 aromatic heterocycles. The van der Waals surface area contributed by atoms with Gasteiger partial charge in [0.05, 0.1) is 16.6 Å². The number of aldehydes is 1. The van der Waals surface area contributed by atoms with E-state index in [1.54, 1.807) is 43.2 Å². The van der Waals surface area contributed by atoms with Crippen LogP contribution >= 0.6 is 0 Å². The fraction of sp³-hybridized carbons (Fsp3) is 0.290. The van der Waals surface area contributed by atoms with Crippen molar-refractivity contribution < 1.29 is 4.79 Å². The molecule has 0 radical (unpaired) electrons. The van der Waals surface area contributed by atoms with Gasteiger partial charge in [-0.05, 0) is 68.0 Å². The van der Waals surface area contributed by atoms with Crippen molar-refractivity contribution in [2.75, 3.05) is 7.05 Å². The van der Waals surface area contributed by atoms with Crippen LogP contribution in [0.2, 0.25) is 0 Å². The zero-order chi connectivity index (χ0) is 28.6. The number of amidine groups is 1. The fourth-order valence-corrected chi connectivity index (χ4v) is 5.52. The minimum absolute atomic E-state index is 0.147. The SMILES string of the molecule is CCc1ccc(-c2cc(N=C(N)/C=C(/C)NC)c(=O)n(C)c2)c(C=O)c1-n1ccc2c(cc3n2CCCC3)c1=O. The number of aliphatic imine (C=N–C) groups is 1. The van der Waals surface area contributed by atoms with Crippen molar-refractivity contribution in [2.24, 2.45) is 17.8 Å². The summed E-state index contributed by atoms with van der Waals surface area (Å²) in [6, 6.07) is 9.38. The Labute approximate surface area is 232 Å². The first kappa shape index (κ1) is 26.9. The molecule has 0 saturated heterocycles. The number of hydrogen-bond donors (Lipinski definition) is 2. The topological polar surface area (TPSA) is 116 Å². The Morgan fingerprint density at radius 3 is 2.67 bits per heavy atom. The van der Waals surface area contributed by atoms with Gasteiger partial charge in [-0.3, -0.25) is 19.0 Å². The van der Waals surface area contributed by atoms with E-state index in [0.717, 1.165) is 48.9 Å². The molecule has 0 unspecified atom stereocenters. The zero-order valence-corrected chi connectivity index (χ0v) is 23.3. The highest BCUT2D eigenvalue weighted by Gasteiger charge is 2.21. The fourth-order valence-electron chi connectivity index (χ4n) is 5.52. The first-order valence-corrected chi connectivity index (χ1v) is 13.5. The number of nitrogens with one attached hydrogen (secondary N) is 1. The highest BCUT2D eigenvalue weighted by atomic mass is 16.1. The smallest absolute Gasteiger partial charge is 0.276 e. The van der Waals surface area contributed by atoms with E-state index in [1.807, 2.05) is 38.1 Å². The van der Waals surface area contributed by atoms with Crippen molar-refractivity contribution in [1.82, 2.24) is 19.0 Å². The molecule has 206 valence electrons. The second-order valence-corrected chi connectivity index (χ2v) is 10.2. The second-order valence-electron chi connectivity index (χ2n) is 10.2. The molecule has 1 aromatic carbocycles. The van der Waals surface area contributed by atoms with Crippen molar-refractivity contribution in [3.05, 3.63) is 92.0 Å². The Bertz CT molecular complexity index is 1820. The van der Waals surface area contributed by atoms with E-state index in [-0.39, 0.29) is 22.6 Å². The number of allylic oxidation sites excluding steroid dienone is 1. The maximum atomic E-state index is 13.9. The van der Waals surface area contributed by atoms with Gasteiger partial charge in [0.2, 0.25) is 0 Å². The van der Waals surface area contributed by atoms with Crippen LogP contribution in [0.3, 0.4) is 0 Å². The van der Waals surface area contributed by atoms with Crippen LogP contribution in [0.4, 0.5) is 5.69 Å². The lowest BCUT2D eigenvalue weighted by Crippen LogP contribution is -2.21. The number of pyridine rings is 2. The van der Waals surface area contributed by atoms with Gasteiger partial charge in [0, 0.05) is 55.6 Å². The van der Waals surface area contributed by atoms with Crippen LogP contribution in [0.15, 0.2) is 69.1 Å². The van der Waals surface area contributed by atoms with Crippen LogP contribution in [-0.4, -0.2) is 32.9 Å². The largest absolute Gasteiger partial charge is 0.392 e. The lowest BCUT2D eigenvalue weighted by molar-refractivity contribution is 0.112. The molecule has 0 bridgehead atoms. The lowest BCUT2D eigenvalue weighted by atomic mass is 9.95. The maximum absolute atomic E-state index is 13.9. The average Bonchev–Trinajstić information content (AvgIpc) is 3.34. The van der Waals surface area contributed by atoms with Crippen LogP contribution in [0, 0.1) is 0 Å². The molecule has 40 heavy (non-hydrogen) atoms. The highest BCUT2D eigenvalue weighted by molar-refractivity contribution is 5.95. The number of aromatic nitrogens is 3. The van der Waals surface area contributed by atoms with Gasteiger partial charge >= 0.3 is 0 Å². The van der Waals surface area contributed by atoms with Gasteiger partial charge in [0.15, 0.2) is 6.29 Å². The van der Waals surface area contributed by atoms with Crippen molar-refractivity contribution in [2.45, 2.75) is 46.1 Å². The van der Waals surface area contributed by atoms with E-state index in [9.17, 15) is 14.4 Å². The molecule has 9 nitrogen and oxygen atoms in total. The van der Waals surface area contributed by atoms with Crippen LogP contribution < -0.4 is 22.2 Å². The summed E-state index contributed by atoms with van der Waals surface area (Å²) in [4.78, 5) is 43.8. The highest BCUT2D eigenvalue weighted by Crippen LogP contribution is 2.32. The summed E-state index contributed by atoms with van der Waals surface area (Å²) in [5.41, 5.74) is 11.7. The Morgan fingerprint density at radius 1 is 1.15 bits per heavy atom. The summed E-state index contributed by atoms with van der Waals surface area (Å²) < 4.78 is 5.24. The van der Waals surface area contributed by atoms with E-state index in [0.29, 0.717) is 34.2 Å². The predicted molar refractivity (Wildman–Crippen MR) is 160 cm³/mol. The molecule has 0 aliphatic carbocycles. The molecule has 4 aromatic rings. The van der Waals surface area contributed by atoms with Crippen molar-refractivity contribution in [3.8, 4) is 16.8 Å². The first-order chi connectivity index (χ1) is 19.3. The Hall–Kier alpha value is -4.66. The van der Waals surface area contributed by atoms with Gasteiger partial charge in [-0.25, -0.2) is 4.99 Å². The molecule has 0 saturated carbocycles. The normalized spacial score (nSPS) is 13.9. The molecule has 0 spiro atoms. The van der Waals surface area contributed by atoms with Crippen molar-refractivity contribution in [1.29, 1.82) is 0 Å². The maximum Gasteiger partial charge on any atom is 0.276 e. The van der Waals surface area contributed by atoms with Crippen molar-refractivity contribution in [3.63, 3.8) is 0 Å². The van der Waals surface area contributed by atoms with Crippen LogP contribution in [0.1, 0.15) is 48.3 Å². The third-order valence-electron chi connectivity index (χ3n) is 7.64. The minimum atomic E-state index is -0.320. The van der Waals surface area contributed by atoms with Crippen molar-refractivity contribution >= 4 is 28.7 Å². The number of carbonyl (C=O) groups excluding carboxylic acids is 1. The third kappa shape index (κ3) is 4.68. The Balaban J connectivity index is 1.72. The summed E-state index contributed by atoms with van der Waals surface area (Å²) in [5, 5.41) is 3.63. The minimum Gasteiger partial charge on any atom is -0.392 e. The standard InChI is InChI=1S/C31H34N6O3/c1-5-20-9-10-23(21-15-26(31(40)35(4)17-21)34-28(32)14-19(2)33-3)25(18-38)29(20)37-13-11-27-24(30(37)39)16-22-8-6-7-12-36(22)27/h9-11,13-18,33H,5-8,12H2,1-4H3,(H2,32,34)/b19-14-. The summed E-state index contributed by atoms with van der Waals surface area (Å²) in [6.07, 6.45) is 9.65. The summed E-state index contributed by atoms with van der Waals surface area (Å²) >= 11 is 0. The summed E-state index contributed by atoms with van der Waals surface area (Å²) in [7, 11) is 3.40. The number of rotatable bonds is 7. The quantitative estimate of drug-likeness (QED) is 0.210. The molecule has 1 aliphatic rings. The van der Waals surface area contributed by atoms with Crippen LogP contribution in [0.5, 0.6) is 0 Å². The number of nitrogens with two attached hydrogens (primary N) is 1. The van der Waals surface area contributed by atoms with Crippen LogP contribution in [-0.2, 0) is 26.4 Å². The number of fused-ring (bicyclic) bond motifs is 3. The molecular formula is C31H34N6O3. The first-order valence-electron chi connectivity index (χ1n) is 13.5. The number of benzene rings is 1. The molecule has 0 amide bonds. The summed E-state index contributed by atoms with van der Waals surface area (Å²) in [5.74, 6) is 0.175. The van der Waals surface area contributed by atoms with E-state index in [1.165, 1.54) is 10.3 Å².